The third-order valence-corrected chi connectivity index (χ3v) is 1.14. The molecular formula is C6H9N3O. The number of carbonyl (C=O) groups is 1. The molecule has 0 amide bonds. The van der Waals surface area contributed by atoms with E-state index < -0.39 is 0 Å². The maximum absolute atomic E-state index is 11.1. The molecule has 0 aliphatic carbocycles. The van der Waals surface area contributed by atoms with Gasteiger partial charge in [0.1, 0.15) is 12.7 Å². The normalized spacial score (nSPS) is 10.3. The summed E-state index contributed by atoms with van der Waals surface area (Å²) in [7, 11) is 0. The molecule has 0 aliphatic heterocycles. The Balaban J connectivity index is 2.78. The zero-order valence-corrected chi connectivity index (χ0v) is 5.98. The van der Waals surface area contributed by atoms with Crippen molar-refractivity contribution in [1.29, 1.82) is 0 Å². The number of nitrogens with zero attached hydrogens (tertiary/aromatic N) is 3. The molecule has 1 rings (SSSR count). The van der Waals surface area contributed by atoms with Crippen LogP contribution in [0.4, 0.5) is 0 Å². The van der Waals surface area contributed by atoms with Crippen molar-refractivity contribution in [3.05, 3.63) is 12.7 Å². The lowest BCUT2D eigenvalue weighted by Gasteiger charge is -2.00. The molecule has 0 aromatic carbocycles. The highest BCUT2D eigenvalue weighted by atomic mass is 16.2. The van der Waals surface area contributed by atoms with E-state index in [1.165, 1.54) is 17.3 Å². The summed E-state index contributed by atoms with van der Waals surface area (Å²) in [4.78, 5) is 14.7. The molecule has 1 heterocycles. The minimum absolute atomic E-state index is 0.0262. The number of aromatic nitrogens is 3. The van der Waals surface area contributed by atoms with E-state index in [4.69, 9.17) is 0 Å². The highest BCUT2D eigenvalue weighted by Gasteiger charge is 2.08. The predicted molar refractivity (Wildman–Crippen MR) is 35.5 cm³/mol. The highest BCUT2D eigenvalue weighted by molar-refractivity contribution is 5.79. The van der Waals surface area contributed by atoms with E-state index in [2.05, 4.69) is 10.1 Å². The Labute approximate surface area is 58.9 Å². The molecule has 4 nitrogen and oxygen atoms in total. The zero-order chi connectivity index (χ0) is 7.56. The van der Waals surface area contributed by atoms with Gasteiger partial charge in [0, 0.05) is 5.92 Å². The van der Waals surface area contributed by atoms with Gasteiger partial charge in [-0.15, -0.1) is 0 Å². The van der Waals surface area contributed by atoms with E-state index in [1.54, 1.807) is 0 Å². The molecule has 1 aromatic heterocycles. The van der Waals surface area contributed by atoms with E-state index in [0.29, 0.717) is 0 Å². The van der Waals surface area contributed by atoms with Gasteiger partial charge in [0.25, 0.3) is 5.91 Å². The number of rotatable bonds is 1. The third-order valence-electron chi connectivity index (χ3n) is 1.14. The maximum atomic E-state index is 11.1. The molecule has 1 aromatic rings. The van der Waals surface area contributed by atoms with Gasteiger partial charge in [0.2, 0.25) is 0 Å². The van der Waals surface area contributed by atoms with Gasteiger partial charge in [-0.3, -0.25) is 4.79 Å². The van der Waals surface area contributed by atoms with Crippen LogP contribution in [0.2, 0.25) is 0 Å². The van der Waals surface area contributed by atoms with Crippen LogP contribution in [0, 0.1) is 5.92 Å². The minimum Gasteiger partial charge on any atom is -0.272 e. The van der Waals surface area contributed by atoms with Crippen molar-refractivity contribution in [2.24, 2.45) is 5.92 Å². The number of carbonyl (C=O) groups excluding carboxylic acids is 1. The van der Waals surface area contributed by atoms with Crippen LogP contribution in [0.3, 0.4) is 0 Å². The average molecular weight is 139 g/mol. The van der Waals surface area contributed by atoms with Crippen molar-refractivity contribution in [3.8, 4) is 0 Å². The lowest BCUT2D eigenvalue weighted by molar-refractivity contribution is 0.0838. The zero-order valence-electron chi connectivity index (χ0n) is 5.98. The van der Waals surface area contributed by atoms with E-state index in [1.807, 2.05) is 13.8 Å². The Kier molecular flexibility index (Phi) is 1.80. The third kappa shape index (κ3) is 1.21. The second kappa shape index (κ2) is 2.60. The van der Waals surface area contributed by atoms with Gasteiger partial charge in [-0.2, -0.15) is 9.78 Å². The van der Waals surface area contributed by atoms with Gasteiger partial charge >= 0.3 is 0 Å². The second-order valence-corrected chi connectivity index (χ2v) is 2.33. The van der Waals surface area contributed by atoms with Crippen molar-refractivity contribution in [2.75, 3.05) is 0 Å². The van der Waals surface area contributed by atoms with Crippen molar-refractivity contribution in [3.63, 3.8) is 0 Å². The van der Waals surface area contributed by atoms with E-state index in [0.717, 1.165) is 0 Å². The Morgan fingerprint density at radius 2 is 2.30 bits per heavy atom. The number of hydrogen-bond acceptors (Lipinski definition) is 3. The SMILES string of the molecule is CC(C)C(=O)n1cncn1. The van der Waals surface area contributed by atoms with Crippen molar-refractivity contribution in [1.82, 2.24) is 14.8 Å². The van der Waals surface area contributed by atoms with Crippen molar-refractivity contribution in [2.45, 2.75) is 13.8 Å². The van der Waals surface area contributed by atoms with Gasteiger partial charge in [-0.1, -0.05) is 13.8 Å². The number of hydrogen-bond donors (Lipinski definition) is 0. The first-order valence-corrected chi connectivity index (χ1v) is 3.10. The molecule has 0 spiro atoms. The van der Waals surface area contributed by atoms with Crippen LogP contribution in [0.5, 0.6) is 0 Å². The summed E-state index contributed by atoms with van der Waals surface area (Å²) in [5, 5.41) is 3.69. The monoisotopic (exact) mass is 139 g/mol. The van der Waals surface area contributed by atoms with Crippen LogP contribution in [-0.2, 0) is 0 Å². The summed E-state index contributed by atoms with van der Waals surface area (Å²) in [6.07, 6.45) is 2.75. The van der Waals surface area contributed by atoms with Crippen molar-refractivity contribution >= 4 is 5.91 Å². The van der Waals surface area contributed by atoms with Crippen LogP contribution >= 0.6 is 0 Å². The Hall–Kier alpha value is -1.19. The quantitative estimate of drug-likeness (QED) is 0.571. The molecule has 0 unspecified atom stereocenters. The molecule has 0 N–H and O–H groups in total. The molecule has 0 fully saturated rings. The first-order chi connectivity index (χ1) is 4.72. The first kappa shape index (κ1) is 6.92. The molecule has 0 atom stereocenters. The maximum Gasteiger partial charge on any atom is 0.250 e. The summed E-state index contributed by atoms with van der Waals surface area (Å²) < 4.78 is 1.24. The average Bonchev–Trinajstić information content (AvgIpc) is 2.36. The standard InChI is InChI=1S/C6H9N3O/c1-5(2)6(10)9-4-7-3-8-9/h3-5H,1-2H3. The van der Waals surface area contributed by atoms with E-state index in [-0.39, 0.29) is 11.8 Å². The summed E-state index contributed by atoms with van der Waals surface area (Å²) >= 11 is 0. The Morgan fingerprint density at radius 3 is 2.70 bits per heavy atom. The van der Waals surface area contributed by atoms with E-state index in [9.17, 15) is 4.79 Å². The van der Waals surface area contributed by atoms with Crippen LogP contribution in [0.15, 0.2) is 12.7 Å². The molecule has 0 aliphatic rings. The molecular weight excluding hydrogens is 130 g/mol. The molecule has 4 heteroatoms. The minimum atomic E-state index is -0.0301. The van der Waals surface area contributed by atoms with E-state index >= 15 is 0 Å². The van der Waals surface area contributed by atoms with Gasteiger partial charge in [0.05, 0.1) is 0 Å². The topological polar surface area (TPSA) is 47.8 Å². The lowest BCUT2D eigenvalue weighted by atomic mass is 10.2. The summed E-state index contributed by atoms with van der Waals surface area (Å²) in [6, 6.07) is 0. The van der Waals surface area contributed by atoms with Crippen LogP contribution < -0.4 is 0 Å². The molecule has 0 radical (unpaired) electrons. The largest absolute Gasteiger partial charge is 0.272 e. The fourth-order valence-corrected chi connectivity index (χ4v) is 0.587. The van der Waals surface area contributed by atoms with Crippen LogP contribution in [-0.4, -0.2) is 20.7 Å². The molecule has 0 saturated heterocycles. The lowest BCUT2D eigenvalue weighted by Crippen LogP contribution is -2.17. The van der Waals surface area contributed by atoms with Crippen LogP contribution in [0.25, 0.3) is 0 Å². The van der Waals surface area contributed by atoms with Gasteiger partial charge in [0.15, 0.2) is 0 Å². The fourth-order valence-electron chi connectivity index (χ4n) is 0.587. The van der Waals surface area contributed by atoms with Gasteiger partial charge < -0.3 is 0 Å². The van der Waals surface area contributed by atoms with Crippen molar-refractivity contribution < 1.29 is 4.79 Å². The summed E-state index contributed by atoms with van der Waals surface area (Å²) in [5.74, 6) is -0.0563. The summed E-state index contributed by atoms with van der Waals surface area (Å²) in [6.45, 7) is 3.65. The van der Waals surface area contributed by atoms with Gasteiger partial charge in [-0.05, 0) is 0 Å². The Morgan fingerprint density at radius 1 is 1.60 bits per heavy atom. The smallest absolute Gasteiger partial charge is 0.250 e. The van der Waals surface area contributed by atoms with Gasteiger partial charge in [-0.25, -0.2) is 4.98 Å². The fraction of sp³-hybridized carbons (Fsp3) is 0.500. The second-order valence-electron chi connectivity index (χ2n) is 2.33. The highest BCUT2D eigenvalue weighted by Crippen LogP contribution is 1.95. The molecule has 0 bridgehead atoms. The molecule has 54 valence electrons. The van der Waals surface area contributed by atoms with Crippen LogP contribution in [0.1, 0.15) is 18.6 Å². The molecule has 10 heavy (non-hydrogen) atoms. The first-order valence-electron chi connectivity index (χ1n) is 3.10. The summed E-state index contributed by atoms with van der Waals surface area (Å²) in [5.41, 5.74) is 0. The Bertz CT molecular complexity index is 215. The predicted octanol–water partition coefficient (Wildman–Crippen LogP) is 0.574. The molecule has 0 saturated carbocycles.